The number of thiazole rings is 1. The van der Waals surface area contributed by atoms with Crippen LogP contribution in [0.1, 0.15) is 5.56 Å². The fourth-order valence-electron chi connectivity index (χ4n) is 4.93. The summed E-state index contributed by atoms with van der Waals surface area (Å²) < 4.78 is 7.55. The van der Waals surface area contributed by atoms with Gasteiger partial charge in [-0.05, 0) is 41.8 Å². The van der Waals surface area contributed by atoms with Gasteiger partial charge in [0.15, 0.2) is 0 Å². The van der Waals surface area contributed by atoms with Crippen molar-refractivity contribution in [1.82, 2.24) is 4.98 Å². The number of hydrogen-bond acceptors (Lipinski definition) is 3. The Bertz CT molecular complexity index is 1860. The van der Waals surface area contributed by atoms with E-state index in [4.69, 9.17) is 9.40 Å². The van der Waals surface area contributed by atoms with Gasteiger partial charge in [-0.25, -0.2) is 4.98 Å². The lowest BCUT2D eigenvalue weighted by atomic mass is 9.97. The second-order valence-corrected chi connectivity index (χ2v) is 9.88. The van der Waals surface area contributed by atoms with Gasteiger partial charge in [-0.15, -0.1) is 11.3 Å². The third-order valence-corrected chi connectivity index (χ3v) is 7.71. The smallest absolute Gasteiger partial charge is 0.143 e. The lowest BCUT2D eigenvalue weighted by Crippen LogP contribution is -1.85. The molecule has 0 radical (unpaired) electrons. The average Bonchev–Trinajstić information content (AvgIpc) is 3.50. The summed E-state index contributed by atoms with van der Waals surface area (Å²) in [7, 11) is 0. The summed E-state index contributed by atoms with van der Waals surface area (Å²) in [6, 6.07) is 38.2. The molecule has 0 amide bonds. The van der Waals surface area contributed by atoms with E-state index >= 15 is 0 Å². The van der Waals surface area contributed by atoms with Crippen LogP contribution in [0.3, 0.4) is 0 Å². The largest absolute Gasteiger partial charge is 0.455 e. The molecule has 5 aromatic carbocycles. The molecule has 7 aromatic rings. The lowest BCUT2D eigenvalue weighted by Gasteiger charge is -2.08. The zero-order chi connectivity index (χ0) is 23.4. The van der Waals surface area contributed by atoms with E-state index in [1.54, 1.807) is 11.3 Å². The van der Waals surface area contributed by atoms with Crippen LogP contribution in [0.5, 0.6) is 0 Å². The van der Waals surface area contributed by atoms with Crippen molar-refractivity contribution in [2.45, 2.75) is 6.92 Å². The Morgan fingerprint density at radius 2 is 1.37 bits per heavy atom. The van der Waals surface area contributed by atoms with Crippen LogP contribution in [0.25, 0.3) is 65.0 Å². The number of aryl methyl sites for hydroxylation is 1. The maximum atomic E-state index is 6.37. The summed E-state index contributed by atoms with van der Waals surface area (Å²) in [6.45, 7) is 2.15. The van der Waals surface area contributed by atoms with Gasteiger partial charge in [-0.2, -0.15) is 0 Å². The minimum Gasteiger partial charge on any atom is -0.455 e. The molecule has 0 saturated heterocycles. The predicted molar refractivity (Wildman–Crippen MR) is 148 cm³/mol. The van der Waals surface area contributed by atoms with Crippen molar-refractivity contribution in [3.05, 3.63) is 115 Å². The highest BCUT2D eigenvalue weighted by molar-refractivity contribution is 7.21. The van der Waals surface area contributed by atoms with E-state index in [2.05, 4.69) is 104 Å². The van der Waals surface area contributed by atoms with Gasteiger partial charge in [0, 0.05) is 27.5 Å². The molecular formula is C32H21NOS. The van der Waals surface area contributed by atoms with Gasteiger partial charge in [0.2, 0.25) is 0 Å². The van der Waals surface area contributed by atoms with Crippen LogP contribution in [0.15, 0.2) is 114 Å². The second kappa shape index (κ2) is 7.93. The molecule has 0 aliphatic rings. The van der Waals surface area contributed by atoms with E-state index in [1.165, 1.54) is 15.8 Å². The molecule has 0 atom stereocenters. The first-order valence-corrected chi connectivity index (χ1v) is 12.5. The van der Waals surface area contributed by atoms with Crippen LogP contribution in [0.4, 0.5) is 0 Å². The Morgan fingerprint density at radius 1 is 0.629 bits per heavy atom. The van der Waals surface area contributed by atoms with E-state index in [9.17, 15) is 0 Å². The van der Waals surface area contributed by atoms with Crippen LogP contribution >= 0.6 is 11.3 Å². The maximum absolute atomic E-state index is 6.37. The number of nitrogens with zero attached hydrogens (tertiary/aromatic N) is 1. The summed E-state index contributed by atoms with van der Waals surface area (Å²) in [5.74, 6) is 0. The van der Waals surface area contributed by atoms with Gasteiger partial charge in [-0.1, -0.05) is 91.0 Å². The SMILES string of the molecule is Cc1ccccc1-c1nc2c(-c3ccccc3)cc(-c3cccc4c3oc3ccccc34)cc2s1. The molecule has 0 fully saturated rings. The molecule has 2 aromatic heterocycles. The quantitative estimate of drug-likeness (QED) is 0.259. The zero-order valence-electron chi connectivity index (χ0n) is 19.2. The average molecular weight is 468 g/mol. The fraction of sp³-hybridized carbons (Fsp3) is 0.0312. The maximum Gasteiger partial charge on any atom is 0.143 e. The predicted octanol–water partition coefficient (Wildman–Crippen LogP) is 9.51. The highest BCUT2D eigenvalue weighted by atomic mass is 32.1. The van der Waals surface area contributed by atoms with Crippen molar-refractivity contribution in [3.63, 3.8) is 0 Å². The Labute approximate surface area is 207 Å². The Morgan fingerprint density at radius 3 is 2.26 bits per heavy atom. The molecule has 35 heavy (non-hydrogen) atoms. The zero-order valence-corrected chi connectivity index (χ0v) is 20.0. The molecule has 0 aliphatic heterocycles. The van der Waals surface area contributed by atoms with Gasteiger partial charge in [0.1, 0.15) is 16.2 Å². The molecule has 2 nitrogen and oxygen atoms in total. The van der Waals surface area contributed by atoms with E-state index < -0.39 is 0 Å². The number of rotatable bonds is 3. The van der Waals surface area contributed by atoms with E-state index in [-0.39, 0.29) is 0 Å². The van der Waals surface area contributed by atoms with Crippen molar-refractivity contribution < 1.29 is 4.42 Å². The Kier molecular flexibility index (Phi) is 4.58. The molecule has 0 spiro atoms. The molecule has 0 unspecified atom stereocenters. The number of hydrogen-bond donors (Lipinski definition) is 0. The van der Waals surface area contributed by atoms with Gasteiger partial charge >= 0.3 is 0 Å². The third kappa shape index (κ3) is 3.28. The molecular weight excluding hydrogens is 446 g/mol. The second-order valence-electron chi connectivity index (χ2n) is 8.85. The van der Waals surface area contributed by atoms with E-state index in [0.29, 0.717) is 0 Å². The number of fused-ring (bicyclic) bond motifs is 4. The van der Waals surface area contributed by atoms with Crippen molar-refractivity contribution >= 4 is 43.5 Å². The summed E-state index contributed by atoms with van der Waals surface area (Å²) in [6.07, 6.45) is 0. The first-order chi connectivity index (χ1) is 17.3. The van der Waals surface area contributed by atoms with E-state index in [0.717, 1.165) is 54.7 Å². The summed E-state index contributed by atoms with van der Waals surface area (Å²) in [5.41, 5.74) is 9.85. The minimum atomic E-state index is 0.916. The molecule has 3 heteroatoms. The number of furan rings is 1. The van der Waals surface area contributed by atoms with Crippen molar-refractivity contribution in [1.29, 1.82) is 0 Å². The van der Waals surface area contributed by atoms with Crippen LogP contribution in [-0.4, -0.2) is 4.98 Å². The highest BCUT2D eigenvalue weighted by Crippen LogP contribution is 2.42. The summed E-state index contributed by atoms with van der Waals surface area (Å²) in [5, 5.41) is 3.34. The van der Waals surface area contributed by atoms with Gasteiger partial charge in [0.25, 0.3) is 0 Å². The highest BCUT2D eigenvalue weighted by Gasteiger charge is 2.17. The molecule has 2 heterocycles. The van der Waals surface area contributed by atoms with Gasteiger partial charge in [-0.3, -0.25) is 0 Å². The summed E-state index contributed by atoms with van der Waals surface area (Å²) in [4.78, 5) is 5.15. The van der Waals surface area contributed by atoms with Crippen molar-refractivity contribution in [3.8, 4) is 32.8 Å². The number of para-hydroxylation sites is 2. The fourth-order valence-corrected chi connectivity index (χ4v) is 6.05. The lowest BCUT2D eigenvalue weighted by molar-refractivity contribution is 0.670. The van der Waals surface area contributed by atoms with Crippen LogP contribution in [0, 0.1) is 6.92 Å². The minimum absolute atomic E-state index is 0.916. The monoisotopic (exact) mass is 467 g/mol. The van der Waals surface area contributed by atoms with Crippen molar-refractivity contribution in [2.75, 3.05) is 0 Å². The van der Waals surface area contributed by atoms with Gasteiger partial charge in [0.05, 0.1) is 10.2 Å². The van der Waals surface area contributed by atoms with Gasteiger partial charge < -0.3 is 4.42 Å². The first kappa shape index (κ1) is 20.2. The molecule has 166 valence electrons. The standard InChI is InChI=1S/C32H21NOS/c1-20-10-5-6-13-23(20)32-33-30-27(21-11-3-2-4-12-21)18-22(19-29(30)35-32)24-15-9-16-26-25-14-7-8-17-28(25)34-31(24)26/h2-19H,1H3. The number of benzene rings is 5. The Balaban J connectivity index is 1.52. The van der Waals surface area contributed by atoms with E-state index in [1.807, 2.05) is 12.1 Å². The van der Waals surface area contributed by atoms with Crippen molar-refractivity contribution in [2.24, 2.45) is 0 Å². The molecule has 0 aliphatic carbocycles. The summed E-state index contributed by atoms with van der Waals surface area (Å²) >= 11 is 1.75. The Hall–Kier alpha value is -4.21. The molecule has 0 saturated carbocycles. The normalized spacial score (nSPS) is 11.6. The number of aromatic nitrogens is 1. The van der Waals surface area contributed by atoms with Crippen LogP contribution in [-0.2, 0) is 0 Å². The van der Waals surface area contributed by atoms with Crippen LogP contribution in [0.2, 0.25) is 0 Å². The molecule has 0 N–H and O–H groups in total. The first-order valence-electron chi connectivity index (χ1n) is 11.7. The molecule has 7 rings (SSSR count). The topological polar surface area (TPSA) is 26.0 Å². The van der Waals surface area contributed by atoms with Crippen LogP contribution < -0.4 is 0 Å². The molecule has 0 bridgehead atoms. The third-order valence-electron chi connectivity index (χ3n) is 6.67.